The van der Waals surface area contributed by atoms with Crippen LogP contribution in [0.1, 0.15) is 10.4 Å². The minimum atomic E-state index is -0.600. The number of hydrogen-bond acceptors (Lipinski definition) is 2. The molecule has 0 spiro atoms. The van der Waals surface area contributed by atoms with Crippen molar-refractivity contribution in [1.82, 2.24) is 4.98 Å². The molecule has 0 radical (unpaired) electrons. The van der Waals surface area contributed by atoms with Crippen molar-refractivity contribution < 1.29 is 13.6 Å². The molecule has 0 fully saturated rings. The van der Waals surface area contributed by atoms with Gasteiger partial charge in [0.05, 0.1) is 5.56 Å². The van der Waals surface area contributed by atoms with Crippen molar-refractivity contribution in [3.63, 3.8) is 0 Å². The number of hydrogen-bond donors (Lipinski definition) is 0. The van der Waals surface area contributed by atoms with E-state index in [2.05, 4.69) is 4.98 Å². The van der Waals surface area contributed by atoms with E-state index in [-0.39, 0.29) is 5.56 Å². The van der Waals surface area contributed by atoms with Crippen LogP contribution in [0.2, 0.25) is 0 Å². The van der Waals surface area contributed by atoms with Crippen LogP contribution in [0, 0.1) is 11.8 Å². The van der Waals surface area contributed by atoms with E-state index < -0.39 is 11.8 Å². The summed E-state index contributed by atoms with van der Waals surface area (Å²) in [6.07, 6.45) is 1.76. The lowest BCUT2D eigenvalue weighted by atomic mass is 10.1. The van der Waals surface area contributed by atoms with Gasteiger partial charge in [-0.25, -0.2) is 9.37 Å². The molecule has 0 amide bonds. The molecule has 0 aliphatic carbocycles. The number of aldehydes is 1. The molecule has 0 saturated carbocycles. The predicted octanol–water partition coefficient (Wildman–Crippen LogP) is 2.84. The molecule has 2 rings (SSSR count). The molecule has 80 valence electrons. The quantitative estimate of drug-likeness (QED) is 0.574. The van der Waals surface area contributed by atoms with Crippen LogP contribution >= 0.6 is 0 Å². The Bertz CT molecular complexity index is 523. The first-order valence-electron chi connectivity index (χ1n) is 4.57. The Morgan fingerprint density at radius 2 is 1.81 bits per heavy atom. The third kappa shape index (κ3) is 1.95. The Morgan fingerprint density at radius 1 is 1.06 bits per heavy atom. The molecule has 2 aromatic rings. The number of benzene rings is 1. The summed E-state index contributed by atoms with van der Waals surface area (Å²) in [5.41, 5.74) is 1.15. The molecule has 4 heteroatoms. The largest absolute Gasteiger partial charge is 0.298 e. The van der Waals surface area contributed by atoms with Gasteiger partial charge in [0.25, 0.3) is 0 Å². The summed E-state index contributed by atoms with van der Waals surface area (Å²) in [6.45, 7) is 0. The fourth-order valence-corrected chi connectivity index (χ4v) is 1.35. The topological polar surface area (TPSA) is 30.0 Å². The zero-order valence-corrected chi connectivity index (χ0v) is 8.15. The smallest absolute Gasteiger partial charge is 0.212 e. The van der Waals surface area contributed by atoms with Crippen molar-refractivity contribution in [3.05, 3.63) is 53.9 Å². The summed E-state index contributed by atoms with van der Waals surface area (Å²) in [7, 11) is 0. The van der Waals surface area contributed by atoms with Gasteiger partial charge in [-0.2, -0.15) is 4.39 Å². The van der Waals surface area contributed by atoms with Crippen molar-refractivity contribution in [2.75, 3.05) is 0 Å². The lowest BCUT2D eigenvalue weighted by Crippen LogP contribution is -1.89. The highest BCUT2D eigenvalue weighted by Crippen LogP contribution is 2.20. The molecule has 0 saturated heterocycles. The molecular formula is C12H7F2NO. The van der Waals surface area contributed by atoms with Gasteiger partial charge in [-0.3, -0.25) is 4.79 Å². The highest BCUT2D eigenvalue weighted by molar-refractivity contribution is 5.77. The summed E-state index contributed by atoms with van der Waals surface area (Å²) in [6, 6.07) is 6.87. The molecule has 1 aromatic carbocycles. The predicted molar refractivity (Wildman–Crippen MR) is 55.0 cm³/mol. The summed E-state index contributed by atoms with van der Waals surface area (Å²) >= 11 is 0. The number of nitrogens with zero attached hydrogens (tertiary/aromatic N) is 1. The van der Waals surface area contributed by atoms with Crippen LogP contribution in [0.15, 0.2) is 36.5 Å². The molecule has 16 heavy (non-hydrogen) atoms. The summed E-state index contributed by atoms with van der Waals surface area (Å²) in [4.78, 5) is 13.9. The van der Waals surface area contributed by atoms with Crippen molar-refractivity contribution in [2.45, 2.75) is 0 Å². The molecule has 0 aliphatic rings. The third-order valence-corrected chi connectivity index (χ3v) is 2.19. The average molecular weight is 219 g/mol. The number of carbonyl (C=O) groups excluding carboxylic acids is 1. The van der Waals surface area contributed by atoms with Crippen molar-refractivity contribution in [3.8, 4) is 11.1 Å². The van der Waals surface area contributed by atoms with E-state index in [9.17, 15) is 13.6 Å². The minimum absolute atomic E-state index is 0.00109. The zero-order valence-electron chi connectivity index (χ0n) is 8.15. The number of rotatable bonds is 2. The van der Waals surface area contributed by atoms with Crippen molar-refractivity contribution in [1.29, 1.82) is 0 Å². The summed E-state index contributed by atoms with van der Waals surface area (Å²) < 4.78 is 25.9. The van der Waals surface area contributed by atoms with Crippen LogP contribution in [0.4, 0.5) is 8.78 Å². The second kappa shape index (κ2) is 4.18. The third-order valence-electron chi connectivity index (χ3n) is 2.19. The molecule has 0 atom stereocenters. The van der Waals surface area contributed by atoms with Gasteiger partial charge >= 0.3 is 0 Å². The molecule has 0 aliphatic heterocycles. The highest BCUT2D eigenvalue weighted by atomic mass is 19.1. The van der Waals surface area contributed by atoms with Crippen molar-refractivity contribution >= 4 is 6.29 Å². The van der Waals surface area contributed by atoms with Gasteiger partial charge in [0.1, 0.15) is 5.82 Å². The SMILES string of the molecule is O=Cc1ccc(-c2ccc(F)nc2)cc1F. The van der Waals surface area contributed by atoms with Gasteiger partial charge < -0.3 is 0 Å². The van der Waals surface area contributed by atoms with Gasteiger partial charge in [0, 0.05) is 11.8 Å². The maximum Gasteiger partial charge on any atom is 0.212 e. The average Bonchev–Trinajstić information content (AvgIpc) is 2.30. The second-order valence-electron chi connectivity index (χ2n) is 3.22. The monoisotopic (exact) mass is 219 g/mol. The molecule has 1 heterocycles. The van der Waals surface area contributed by atoms with Gasteiger partial charge in [0.15, 0.2) is 6.29 Å². The Hall–Kier alpha value is -2.10. The number of pyridine rings is 1. The van der Waals surface area contributed by atoms with E-state index in [1.165, 1.54) is 30.5 Å². The highest BCUT2D eigenvalue weighted by Gasteiger charge is 2.04. The summed E-state index contributed by atoms with van der Waals surface area (Å²) in [5.74, 6) is -1.19. The summed E-state index contributed by atoms with van der Waals surface area (Å²) in [5, 5.41) is 0. The van der Waals surface area contributed by atoms with Gasteiger partial charge in [-0.05, 0) is 29.8 Å². The fourth-order valence-electron chi connectivity index (χ4n) is 1.35. The van der Waals surface area contributed by atoms with Crippen LogP contribution in [-0.4, -0.2) is 11.3 Å². The van der Waals surface area contributed by atoms with Crippen LogP contribution in [-0.2, 0) is 0 Å². The first kappa shape index (κ1) is 10.4. The number of aromatic nitrogens is 1. The lowest BCUT2D eigenvalue weighted by Gasteiger charge is -2.02. The van der Waals surface area contributed by atoms with Crippen LogP contribution in [0.3, 0.4) is 0 Å². The first-order chi connectivity index (χ1) is 7.70. The molecule has 0 N–H and O–H groups in total. The van der Waals surface area contributed by atoms with E-state index in [1.807, 2.05) is 0 Å². The van der Waals surface area contributed by atoms with Gasteiger partial charge in [-0.1, -0.05) is 6.07 Å². The molecular weight excluding hydrogens is 212 g/mol. The van der Waals surface area contributed by atoms with Crippen molar-refractivity contribution in [2.24, 2.45) is 0 Å². The van der Waals surface area contributed by atoms with E-state index in [4.69, 9.17) is 0 Å². The van der Waals surface area contributed by atoms with Gasteiger partial charge in [-0.15, -0.1) is 0 Å². The number of halogens is 2. The molecule has 0 unspecified atom stereocenters. The maximum atomic E-state index is 13.3. The lowest BCUT2D eigenvalue weighted by molar-refractivity contribution is 0.112. The standard InChI is InChI=1S/C12H7F2NO/c13-11-5-8(1-2-10(11)7-16)9-3-4-12(14)15-6-9/h1-7H. The van der Waals surface area contributed by atoms with E-state index in [0.717, 1.165) is 0 Å². The van der Waals surface area contributed by atoms with E-state index in [1.54, 1.807) is 6.07 Å². The zero-order chi connectivity index (χ0) is 11.5. The Balaban J connectivity index is 2.45. The molecule has 1 aromatic heterocycles. The Labute approximate surface area is 90.6 Å². The fraction of sp³-hybridized carbons (Fsp3) is 0. The van der Waals surface area contributed by atoms with E-state index in [0.29, 0.717) is 17.4 Å². The second-order valence-corrected chi connectivity index (χ2v) is 3.22. The minimum Gasteiger partial charge on any atom is -0.298 e. The normalized spacial score (nSPS) is 10.1. The van der Waals surface area contributed by atoms with Crippen LogP contribution < -0.4 is 0 Å². The van der Waals surface area contributed by atoms with E-state index >= 15 is 0 Å². The van der Waals surface area contributed by atoms with Crippen LogP contribution in [0.5, 0.6) is 0 Å². The Morgan fingerprint density at radius 3 is 2.38 bits per heavy atom. The first-order valence-corrected chi connectivity index (χ1v) is 4.57. The number of carbonyl (C=O) groups is 1. The molecule has 2 nitrogen and oxygen atoms in total. The van der Waals surface area contributed by atoms with Gasteiger partial charge in [0.2, 0.25) is 5.95 Å². The molecule has 0 bridgehead atoms. The maximum absolute atomic E-state index is 13.3. The Kier molecular flexibility index (Phi) is 2.72. The van der Waals surface area contributed by atoms with Crippen LogP contribution in [0.25, 0.3) is 11.1 Å².